The zero-order chi connectivity index (χ0) is 13.7. The highest BCUT2D eigenvalue weighted by Gasteiger charge is 2.22. The standard InChI is InChI=1S/C14H19NO3/c1-10-4-6-11(7-5-10)8-12(14(17)18)9-13(16)15(2)3/h4-7,12H,8-9H2,1-3H3,(H,17,18). The average molecular weight is 249 g/mol. The Hall–Kier alpha value is -1.84. The van der Waals surface area contributed by atoms with E-state index >= 15 is 0 Å². The molecule has 0 saturated carbocycles. The van der Waals surface area contributed by atoms with Crippen molar-refractivity contribution in [3.63, 3.8) is 0 Å². The van der Waals surface area contributed by atoms with Gasteiger partial charge in [0, 0.05) is 20.5 Å². The van der Waals surface area contributed by atoms with Gasteiger partial charge >= 0.3 is 5.97 Å². The normalized spacial score (nSPS) is 11.9. The fraction of sp³-hybridized carbons (Fsp3) is 0.429. The summed E-state index contributed by atoms with van der Waals surface area (Å²) in [5.41, 5.74) is 2.08. The lowest BCUT2D eigenvalue weighted by Crippen LogP contribution is -2.28. The van der Waals surface area contributed by atoms with Crippen LogP contribution in [-0.4, -0.2) is 36.0 Å². The molecule has 0 saturated heterocycles. The second kappa shape index (κ2) is 6.19. The topological polar surface area (TPSA) is 57.6 Å². The zero-order valence-electron chi connectivity index (χ0n) is 11.0. The van der Waals surface area contributed by atoms with Crippen LogP contribution >= 0.6 is 0 Å². The van der Waals surface area contributed by atoms with Gasteiger partial charge in [0.1, 0.15) is 0 Å². The molecule has 0 aliphatic carbocycles. The molecule has 18 heavy (non-hydrogen) atoms. The van der Waals surface area contributed by atoms with E-state index in [2.05, 4.69) is 0 Å². The highest BCUT2D eigenvalue weighted by Crippen LogP contribution is 2.14. The van der Waals surface area contributed by atoms with Crippen molar-refractivity contribution in [3.05, 3.63) is 35.4 Å². The Morgan fingerprint density at radius 1 is 1.22 bits per heavy atom. The molecule has 1 aromatic carbocycles. The molecule has 0 heterocycles. The highest BCUT2D eigenvalue weighted by atomic mass is 16.4. The summed E-state index contributed by atoms with van der Waals surface area (Å²) in [6.45, 7) is 1.98. The number of carboxylic acids is 1. The molecule has 4 nitrogen and oxygen atoms in total. The molecule has 0 aromatic heterocycles. The molecule has 1 amide bonds. The van der Waals surface area contributed by atoms with E-state index in [-0.39, 0.29) is 12.3 Å². The van der Waals surface area contributed by atoms with Gasteiger partial charge in [0.25, 0.3) is 0 Å². The van der Waals surface area contributed by atoms with Gasteiger partial charge in [0.05, 0.1) is 5.92 Å². The van der Waals surface area contributed by atoms with E-state index in [0.717, 1.165) is 11.1 Å². The molecule has 0 aliphatic rings. The summed E-state index contributed by atoms with van der Waals surface area (Å²) in [7, 11) is 3.26. The molecule has 0 aliphatic heterocycles. The van der Waals surface area contributed by atoms with E-state index in [1.165, 1.54) is 4.90 Å². The number of carbonyl (C=O) groups is 2. The minimum Gasteiger partial charge on any atom is -0.481 e. The Balaban J connectivity index is 2.72. The predicted molar refractivity (Wildman–Crippen MR) is 69.3 cm³/mol. The minimum absolute atomic E-state index is 0.0379. The van der Waals surface area contributed by atoms with Crippen LogP contribution in [0.15, 0.2) is 24.3 Å². The molecule has 1 N–H and O–H groups in total. The van der Waals surface area contributed by atoms with Crippen molar-refractivity contribution in [2.24, 2.45) is 5.92 Å². The first-order chi connectivity index (χ1) is 8.40. The maximum atomic E-state index is 11.6. The van der Waals surface area contributed by atoms with E-state index < -0.39 is 11.9 Å². The SMILES string of the molecule is Cc1ccc(CC(CC(=O)N(C)C)C(=O)O)cc1. The predicted octanol–water partition coefficient (Wildman–Crippen LogP) is 1.72. The Morgan fingerprint density at radius 2 is 1.78 bits per heavy atom. The van der Waals surface area contributed by atoms with Crippen LogP contribution in [0.2, 0.25) is 0 Å². The number of aliphatic carboxylic acids is 1. The first-order valence-electron chi connectivity index (χ1n) is 5.88. The molecule has 1 atom stereocenters. The Labute approximate surface area is 107 Å². The van der Waals surface area contributed by atoms with Gasteiger partial charge in [-0.25, -0.2) is 0 Å². The third kappa shape index (κ3) is 4.20. The van der Waals surface area contributed by atoms with Crippen molar-refractivity contribution in [1.29, 1.82) is 0 Å². The molecule has 0 radical (unpaired) electrons. The molecular weight excluding hydrogens is 230 g/mol. The van der Waals surface area contributed by atoms with Crippen LogP contribution in [0.3, 0.4) is 0 Å². The second-order valence-electron chi connectivity index (χ2n) is 4.72. The van der Waals surface area contributed by atoms with E-state index in [4.69, 9.17) is 5.11 Å². The minimum atomic E-state index is -0.925. The maximum Gasteiger partial charge on any atom is 0.307 e. The van der Waals surface area contributed by atoms with Crippen molar-refractivity contribution < 1.29 is 14.7 Å². The third-order valence-electron chi connectivity index (χ3n) is 2.87. The van der Waals surface area contributed by atoms with Gasteiger partial charge in [-0.15, -0.1) is 0 Å². The largest absolute Gasteiger partial charge is 0.481 e. The number of aryl methyl sites for hydroxylation is 1. The fourth-order valence-corrected chi connectivity index (χ4v) is 1.65. The molecule has 4 heteroatoms. The number of carbonyl (C=O) groups excluding carboxylic acids is 1. The van der Waals surface area contributed by atoms with Gasteiger partial charge in [-0.3, -0.25) is 9.59 Å². The quantitative estimate of drug-likeness (QED) is 0.864. The van der Waals surface area contributed by atoms with Crippen LogP contribution in [0.1, 0.15) is 17.5 Å². The van der Waals surface area contributed by atoms with Crippen LogP contribution in [0.25, 0.3) is 0 Å². The van der Waals surface area contributed by atoms with Gasteiger partial charge in [0.15, 0.2) is 0 Å². The summed E-state index contributed by atoms with van der Waals surface area (Å²) in [4.78, 5) is 24.1. The van der Waals surface area contributed by atoms with Gasteiger partial charge in [-0.05, 0) is 18.9 Å². The van der Waals surface area contributed by atoms with Crippen LogP contribution in [0.5, 0.6) is 0 Å². The Kier molecular flexibility index (Phi) is 4.89. The van der Waals surface area contributed by atoms with Crippen LogP contribution in [0, 0.1) is 12.8 Å². The number of amides is 1. The van der Waals surface area contributed by atoms with Crippen LogP contribution in [-0.2, 0) is 16.0 Å². The van der Waals surface area contributed by atoms with Crippen LogP contribution < -0.4 is 0 Å². The number of rotatable bonds is 5. The summed E-state index contributed by atoms with van der Waals surface area (Å²) in [6, 6.07) is 7.71. The second-order valence-corrected chi connectivity index (χ2v) is 4.72. The summed E-state index contributed by atoms with van der Waals surface area (Å²) in [6.07, 6.45) is 0.422. The van der Waals surface area contributed by atoms with Crippen molar-refractivity contribution in [1.82, 2.24) is 4.90 Å². The molecule has 0 spiro atoms. The lowest BCUT2D eigenvalue weighted by molar-refractivity contribution is -0.145. The summed E-state index contributed by atoms with van der Waals surface area (Å²) < 4.78 is 0. The Morgan fingerprint density at radius 3 is 2.22 bits per heavy atom. The molecule has 1 aromatic rings. The number of hydrogen-bond acceptors (Lipinski definition) is 2. The summed E-state index contributed by atoms with van der Waals surface area (Å²) in [5, 5.41) is 9.15. The monoisotopic (exact) mass is 249 g/mol. The van der Waals surface area contributed by atoms with E-state index in [1.807, 2.05) is 31.2 Å². The molecule has 98 valence electrons. The third-order valence-corrected chi connectivity index (χ3v) is 2.87. The molecule has 0 fully saturated rings. The first kappa shape index (κ1) is 14.2. The number of nitrogens with zero attached hydrogens (tertiary/aromatic N) is 1. The summed E-state index contributed by atoms with van der Waals surface area (Å²) in [5.74, 6) is -1.75. The smallest absolute Gasteiger partial charge is 0.307 e. The molecule has 0 bridgehead atoms. The molecule has 1 rings (SSSR count). The fourth-order valence-electron chi connectivity index (χ4n) is 1.65. The van der Waals surface area contributed by atoms with Gasteiger partial charge in [-0.2, -0.15) is 0 Å². The van der Waals surface area contributed by atoms with Gasteiger partial charge in [0.2, 0.25) is 5.91 Å². The average Bonchev–Trinajstić information content (AvgIpc) is 2.30. The lowest BCUT2D eigenvalue weighted by Gasteiger charge is -2.15. The first-order valence-corrected chi connectivity index (χ1v) is 5.88. The lowest BCUT2D eigenvalue weighted by atomic mass is 9.95. The zero-order valence-corrected chi connectivity index (χ0v) is 11.0. The molecule has 1 unspecified atom stereocenters. The van der Waals surface area contributed by atoms with Crippen molar-refractivity contribution >= 4 is 11.9 Å². The van der Waals surface area contributed by atoms with E-state index in [0.29, 0.717) is 6.42 Å². The van der Waals surface area contributed by atoms with E-state index in [9.17, 15) is 9.59 Å². The maximum absolute atomic E-state index is 11.6. The van der Waals surface area contributed by atoms with Gasteiger partial charge in [-0.1, -0.05) is 29.8 Å². The van der Waals surface area contributed by atoms with Crippen molar-refractivity contribution in [3.8, 4) is 0 Å². The number of carboxylic acid groups (broad SMARTS) is 1. The van der Waals surface area contributed by atoms with E-state index in [1.54, 1.807) is 14.1 Å². The van der Waals surface area contributed by atoms with Crippen molar-refractivity contribution in [2.75, 3.05) is 14.1 Å². The van der Waals surface area contributed by atoms with Crippen LogP contribution in [0.4, 0.5) is 0 Å². The number of benzene rings is 1. The highest BCUT2D eigenvalue weighted by molar-refractivity contribution is 5.82. The number of hydrogen-bond donors (Lipinski definition) is 1. The summed E-state index contributed by atoms with van der Waals surface area (Å²) >= 11 is 0. The molecular formula is C14H19NO3. The van der Waals surface area contributed by atoms with Crippen molar-refractivity contribution in [2.45, 2.75) is 19.8 Å². The van der Waals surface area contributed by atoms with Gasteiger partial charge < -0.3 is 10.0 Å². The Bertz CT molecular complexity index is 423.